The molecule has 118 valence electrons. The van der Waals surface area contributed by atoms with E-state index in [-0.39, 0.29) is 17.5 Å². The fourth-order valence-electron chi connectivity index (χ4n) is 1.96. The van der Waals surface area contributed by atoms with Crippen LogP contribution in [-0.4, -0.2) is 16.6 Å². The van der Waals surface area contributed by atoms with Crippen LogP contribution in [0.3, 0.4) is 0 Å². The summed E-state index contributed by atoms with van der Waals surface area (Å²) in [5.41, 5.74) is 1.69. The molecule has 22 heavy (non-hydrogen) atoms. The molecule has 1 atom stereocenters. The van der Waals surface area contributed by atoms with Crippen LogP contribution in [0, 0.1) is 5.41 Å². The molecular weight excluding hydrogens is 276 g/mol. The molecule has 1 aromatic carbocycles. The molecule has 0 aliphatic carbocycles. The Morgan fingerprint density at radius 2 is 1.91 bits per heavy atom. The minimum atomic E-state index is -0.263. The Kier molecular flexibility index (Phi) is 4.69. The normalized spacial score (nSPS) is 13.0. The summed E-state index contributed by atoms with van der Waals surface area (Å²) in [7, 11) is 1.99. The largest absolute Gasteiger partial charge is 0.459 e. The molecule has 0 bridgehead atoms. The van der Waals surface area contributed by atoms with E-state index < -0.39 is 0 Å². The third-order valence-corrected chi connectivity index (χ3v) is 3.88. The van der Waals surface area contributed by atoms with Crippen LogP contribution in [0.15, 0.2) is 43.0 Å². The first kappa shape index (κ1) is 16.3. The molecule has 2 aromatic rings. The van der Waals surface area contributed by atoms with Crippen molar-refractivity contribution in [2.75, 3.05) is 0 Å². The maximum atomic E-state index is 12.1. The average molecular weight is 301 g/mol. The number of rotatable bonds is 4. The Hall–Kier alpha value is -2.10. The average Bonchev–Trinajstić information content (AvgIpc) is 2.83. The number of hydrogen-bond donors (Lipinski definition) is 0. The number of benzene rings is 1. The Labute approximate surface area is 132 Å². The molecular formula is C18H25N2O2+. The zero-order valence-corrected chi connectivity index (χ0v) is 14.0. The van der Waals surface area contributed by atoms with Crippen molar-refractivity contribution in [2.24, 2.45) is 12.5 Å². The number of carbonyl (C=O) groups is 1. The van der Waals surface area contributed by atoms with E-state index in [4.69, 9.17) is 4.74 Å². The van der Waals surface area contributed by atoms with E-state index in [9.17, 15) is 4.79 Å². The summed E-state index contributed by atoms with van der Waals surface area (Å²) in [4.78, 5) is 12.1. The molecule has 1 aromatic heterocycles. The number of ether oxygens (including phenoxy) is 1. The van der Waals surface area contributed by atoms with Crippen molar-refractivity contribution in [1.29, 1.82) is 0 Å². The molecule has 2 rings (SSSR count). The van der Waals surface area contributed by atoms with Crippen LogP contribution in [0.1, 0.15) is 43.6 Å². The molecule has 0 unspecified atom stereocenters. The van der Waals surface area contributed by atoms with Gasteiger partial charge in [0.25, 0.3) is 0 Å². The first-order valence-electron chi connectivity index (χ1n) is 7.56. The van der Waals surface area contributed by atoms with Crippen molar-refractivity contribution in [3.63, 3.8) is 0 Å². The van der Waals surface area contributed by atoms with Gasteiger partial charge in [0, 0.05) is 0 Å². The monoisotopic (exact) mass is 301 g/mol. The highest BCUT2D eigenvalue weighted by Gasteiger charge is 2.24. The van der Waals surface area contributed by atoms with Crippen LogP contribution < -0.4 is 4.57 Å². The van der Waals surface area contributed by atoms with Gasteiger partial charge in [0.15, 0.2) is 0 Å². The zero-order valence-electron chi connectivity index (χ0n) is 14.0. The second-order valence-corrected chi connectivity index (χ2v) is 6.86. The smallest absolute Gasteiger partial charge is 0.338 e. The Morgan fingerprint density at radius 3 is 2.41 bits per heavy atom. The SMILES string of the molecule is C[C@@H](OC(=O)c1ccc(C[n+]2ccn(C)c2)cc1)C(C)(C)C. The third kappa shape index (κ3) is 4.20. The summed E-state index contributed by atoms with van der Waals surface area (Å²) < 4.78 is 9.61. The van der Waals surface area contributed by atoms with Crippen molar-refractivity contribution in [3.05, 3.63) is 54.1 Å². The molecule has 0 amide bonds. The van der Waals surface area contributed by atoms with Gasteiger partial charge in [0.1, 0.15) is 25.0 Å². The summed E-state index contributed by atoms with van der Waals surface area (Å²) in [5.74, 6) is -0.263. The van der Waals surface area contributed by atoms with E-state index >= 15 is 0 Å². The molecule has 0 aliphatic rings. The lowest BCUT2D eigenvalue weighted by molar-refractivity contribution is -0.687. The molecule has 0 saturated carbocycles. The van der Waals surface area contributed by atoms with Crippen LogP contribution in [0.4, 0.5) is 0 Å². The highest BCUT2D eigenvalue weighted by atomic mass is 16.5. The first-order chi connectivity index (χ1) is 10.3. The summed E-state index contributed by atoms with van der Waals surface area (Å²) in [5, 5.41) is 0. The van der Waals surface area contributed by atoms with Crippen molar-refractivity contribution in [3.8, 4) is 0 Å². The van der Waals surface area contributed by atoms with Gasteiger partial charge >= 0.3 is 5.97 Å². The van der Waals surface area contributed by atoms with Gasteiger partial charge in [-0.3, -0.25) is 0 Å². The lowest BCUT2D eigenvalue weighted by Gasteiger charge is -2.26. The molecule has 1 heterocycles. The Bertz CT molecular complexity index is 636. The molecule has 4 heteroatoms. The minimum absolute atomic E-state index is 0.0560. The van der Waals surface area contributed by atoms with Crippen LogP contribution >= 0.6 is 0 Å². The zero-order chi connectivity index (χ0) is 16.3. The number of imidazole rings is 1. The predicted molar refractivity (Wildman–Crippen MR) is 85.5 cm³/mol. The molecule has 4 nitrogen and oxygen atoms in total. The van der Waals surface area contributed by atoms with Gasteiger partial charge in [-0.05, 0) is 30.0 Å². The highest BCUT2D eigenvalue weighted by molar-refractivity contribution is 5.89. The molecule has 0 aliphatic heterocycles. The number of esters is 1. The summed E-state index contributed by atoms with van der Waals surface area (Å²) >= 11 is 0. The number of aryl methyl sites for hydroxylation is 1. The second kappa shape index (κ2) is 6.34. The lowest BCUT2D eigenvalue weighted by Crippen LogP contribution is -2.31. The lowest BCUT2D eigenvalue weighted by atomic mass is 9.90. The second-order valence-electron chi connectivity index (χ2n) is 6.86. The van der Waals surface area contributed by atoms with Gasteiger partial charge in [0.05, 0.1) is 12.6 Å². The van der Waals surface area contributed by atoms with E-state index in [2.05, 4.69) is 25.3 Å². The molecule has 0 fully saturated rings. The molecule has 0 N–H and O–H groups in total. The predicted octanol–water partition coefficient (Wildman–Crippen LogP) is 2.95. The van der Waals surface area contributed by atoms with Crippen molar-refractivity contribution in [1.82, 2.24) is 4.57 Å². The summed E-state index contributed by atoms with van der Waals surface area (Å²) in [6, 6.07) is 7.60. The first-order valence-corrected chi connectivity index (χ1v) is 7.56. The summed E-state index contributed by atoms with van der Waals surface area (Å²) in [6.45, 7) is 8.90. The van der Waals surface area contributed by atoms with Gasteiger partial charge < -0.3 is 4.74 Å². The van der Waals surface area contributed by atoms with Crippen molar-refractivity contribution < 1.29 is 14.1 Å². The maximum Gasteiger partial charge on any atom is 0.338 e. The van der Waals surface area contributed by atoms with E-state index in [1.807, 2.05) is 61.5 Å². The van der Waals surface area contributed by atoms with Crippen LogP contribution in [0.2, 0.25) is 0 Å². The third-order valence-electron chi connectivity index (χ3n) is 3.88. The Balaban J connectivity index is 2.00. The van der Waals surface area contributed by atoms with Crippen molar-refractivity contribution >= 4 is 5.97 Å². The Morgan fingerprint density at radius 1 is 1.27 bits per heavy atom. The molecule has 0 saturated heterocycles. The van der Waals surface area contributed by atoms with E-state index in [0.29, 0.717) is 5.56 Å². The molecule has 0 radical (unpaired) electrons. The van der Waals surface area contributed by atoms with Gasteiger partial charge in [-0.1, -0.05) is 32.9 Å². The fourth-order valence-corrected chi connectivity index (χ4v) is 1.96. The van der Waals surface area contributed by atoms with Crippen LogP contribution in [-0.2, 0) is 18.3 Å². The number of carbonyl (C=O) groups excluding carboxylic acids is 1. The number of nitrogens with zero attached hydrogens (tertiary/aromatic N) is 2. The van der Waals surface area contributed by atoms with Crippen LogP contribution in [0.25, 0.3) is 0 Å². The van der Waals surface area contributed by atoms with Gasteiger partial charge in [-0.25, -0.2) is 13.9 Å². The quantitative estimate of drug-likeness (QED) is 0.643. The van der Waals surface area contributed by atoms with E-state index in [0.717, 1.165) is 12.1 Å². The van der Waals surface area contributed by atoms with Crippen molar-refractivity contribution in [2.45, 2.75) is 40.3 Å². The maximum absolute atomic E-state index is 12.1. The van der Waals surface area contributed by atoms with Gasteiger partial charge in [-0.15, -0.1) is 0 Å². The number of hydrogen-bond acceptors (Lipinski definition) is 2. The number of aromatic nitrogens is 2. The van der Waals surface area contributed by atoms with E-state index in [1.54, 1.807) is 0 Å². The van der Waals surface area contributed by atoms with E-state index in [1.165, 1.54) is 0 Å². The molecule has 0 spiro atoms. The minimum Gasteiger partial charge on any atom is -0.459 e. The van der Waals surface area contributed by atoms with Gasteiger partial charge in [-0.2, -0.15) is 0 Å². The van der Waals surface area contributed by atoms with Crippen LogP contribution in [0.5, 0.6) is 0 Å². The summed E-state index contributed by atoms with van der Waals surface area (Å²) in [6.07, 6.45) is 5.92. The highest BCUT2D eigenvalue weighted by Crippen LogP contribution is 2.22. The topological polar surface area (TPSA) is 35.1 Å². The standard InChI is InChI=1S/C18H25N2O2/c1-14(18(2,3)4)22-17(21)16-8-6-15(7-9-16)12-20-11-10-19(5)13-20/h6-11,13-14H,12H2,1-5H3/q+1/t14-/m1/s1. The van der Waals surface area contributed by atoms with Gasteiger partial charge in [0.2, 0.25) is 6.33 Å². The fraction of sp³-hybridized carbons (Fsp3) is 0.444.